The maximum Gasteiger partial charge on any atom is 0.200 e. The van der Waals surface area contributed by atoms with Crippen LogP contribution in [0.5, 0.6) is 11.5 Å². The van der Waals surface area contributed by atoms with E-state index in [1.807, 2.05) is 6.07 Å². The Morgan fingerprint density at radius 2 is 1.91 bits per heavy atom. The molecule has 2 aromatic carbocycles. The number of ether oxygens (including phenoxy) is 2. The first-order chi connectivity index (χ1) is 15.6. The van der Waals surface area contributed by atoms with Crippen molar-refractivity contribution in [2.24, 2.45) is 0 Å². The zero-order valence-corrected chi connectivity index (χ0v) is 20.0. The lowest BCUT2D eigenvalue weighted by atomic mass is 9.89. The van der Waals surface area contributed by atoms with Crippen LogP contribution in [-0.4, -0.2) is 32.1 Å². The second kappa shape index (κ2) is 10.00. The summed E-state index contributed by atoms with van der Waals surface area (Å²) < 4.78 is 55.2. The van der Waals surface area contributed by atoms with E-state index < -0.39 is 15.5 Å². The van der Waals surface area contributed by atoms with Crippen LogP contribution in [0.2, 0.25) is 5.02 Å². The van der Waals surface area contributed by atoms with E-state index in [9.17, 15) is 13.7 Å². The summed E-state index contributed by atoms with van der Waals surface area (Å²) >= 11 is 11.9. The standard InChI is InChI=1S/C22H19Cl2FN2O5S/c1-22(25,16-9-14(11-26)20(18(24)10-16)30-8-7-23)15-3-5-17(6-4-15)31-12-19-21(27-13-32-19)33(2,28)29/h3-6,9-10,13H,7-8,12H2,1-2H3. The molecule has 0 saturated carbocycles. The first-order valence-electron chi connectivity index (χ1n) is 9.55. The number of halogens is 3. The van der Waals surface area contributed by atoms with Crippen LogP contribution < -0.4 is 9.47 Å². The van der Waals surface area contributed by atoms with Gasteiger partial charge in [0.25, 0.3) is 0 Å². The molecule has 33 heavy (non-hydrogen) atoms. The predicted molar refractivity (Wildman–Crippen MR) is 120 cm³/mol. The molecule has 1 atom stereocenters. The third-order valence-electron chi connectivity index (χ3n) is 4.75. The molecule has 0 aliphatic rings. The number of aromatic nitrogens is 1. The Hall–Kier alpha value is -2.80. The third-order valence-corrected chi connectivity index (χ3v) is 6.22. The van der Waals surface area contributed by atoms with Gasteiger partial charge in [0, 0.05) is 6.26 Å². The van der Waals surface area contributed by atoms with Crippen LogP contribution in [0.4, 0.5) is 4.39 Å². The van der Waals surface area contributed by atoms with Crippen LogP contribution in [-0.2, 0) is 22.1 Å². The van der Waals surface area contributed by atoms with Crippen LogP contribution in [0.1, 0.15) is 29.4 Å². The van der Waals surface area contributed by atoms with Gasteiger partial charge in [0.15, 0.2) is 38.4 Å². The quantitative estimate of drug-likeness (QED) is 0.370. The molecule has 174 valence electrons. The fraction of sp³-hybridized carbons (Fsp3) is 0.273. The van der Waals surface area contributed by atoms with Crippen LogP contribution in [0.25, 0.3) is 0 Å². The van der Waals surface area contributed by atoms with Crippen LogP contribution in [0, 0.1) is 11.3 Å². The minimum Gasteiger partial charge on any atom is -0.489 e. The summed E-state index contributed by atoms with van der Waals surface area (Å²) in [7, 11) is -3.55. The molecule has 0 amide bonds. The van der Waals surface area contributed by atoms with E-state index in [-0.39, 0.29) is 51.8 Å². The van der Waals surface area contributed by atoms with Gasteiger partial charge in [-0.2, -0.15) is 5.26 Å². The number of alkyl halides is 2. The van der Waals surface area contributed by atoms with E-state index in [1.165, 1.54) is 43.3 Å². The van der Waals surface area contributed by atoms with Crippen molar-refractivity contribution in [1.82, 2.24) is 4.98 Å². The first-order valence-corrected chi connectivity index (χ1v) is 12.4. The average molecular weight is 513 g/mol. The Bertz CT molecular complexity index is 1290. The molecule has 0 N–H and O–H groups in total. The predicted octanol–water partition coefficient (Wildman–Crippen LogP) is 5.03. The minimum atomic E-state index is -3.55. The summed E-state index contributed by atoms with van der Waals surface area (Å²) in [6.45, 7) is 1.34. The first kappa shape index (κ1) is 24.8. The van der Waals surface area contributed by atoms with Gasteiger partial charge in [-0.3, -0.25) is 0 Å². The average Bonchev–Trinajstić information content (AvgIpc) is 3.26. The SMILES string of the molecule is CC(F)(c1ccc(OCc2ocnc2S(C)(=O)=O)cc1)c1cc(Cl)c(OCCCl)c(C#N)c1. The maximum absolute atomic E-state index is 15.8. The molecular weight excluding hydrogens is 494 g/mol. The highest BCUT2D eigenvalue weighted by Crippen LogP contribution is 2.39. The fourth-order valence-corrected chi connectivity index (χ4v) is 4.18. The molecule has 0 aliphatic heterocycles. The monoisotopic (exact) mass is 512 g/mol. The van der Waals surface area contributed by atoms with Crippen molar-refractivity contribution in [3.05, 3.63) is 70.3 Å². The van der Waals surface area contributed by atoms with Gasteiger partial charge >= 0.3 is 0 Å². The fourth-order valence-electron chi connectivity index (χ4n) is 3.07. The van der Waals surface area contributed by atoms with Gasteiger partial charge in [0.1, 0.15) is 25.0 Å². The van der Waals surface area contributed by atoms with Crippen LogP contribution >= 0.6 is 23.2 Å². The Morgan fingerprint density at radius 3 is 2.52 bits per heavy atom. The summed E-state index contributed by atoms with van der Waals surface area (Å²) in [5.41, 5.74) is -1.41. The maximum atomic E-state index is 15.8. The van der Waals surface area contributed by atoms with E-state index in [0.717, 1.165) is 12.6 Å². The van der Waals surface area contributed by atoms with E-state index in [1.54, 1.807) is 0 Å². The summed E-state index contributed by atoms with van der Waals surface area (Å²) in [4.78, 5) is 3.69. The van der Waals surface area contributed by atoms with Gasteiger partial charge in [0.05, 0.1) is 16.5 Å². The Labute approximate surface area is 200 Å². The number of sulfone groups is 1. The van der Waals surface area contributed by atoms with E-state index in [0.29, 0.717) is 11.3 Å². The smallest absolute Gasteiger partial charge is 0.200 e. The van der Waals surface area contributed by atoms with Crippen molar-refractivity contribution >= 4 is 33.0 Å². The summed E-state index contributed by atoms with van der Waals surface area (Å²) in [6, 6.07) is 10.9. The molecule has 0 aliphatic carbocycles. The molecule has 1 aromatic heterocycles. The zero-order chi connectivity index (χ0) is 24.2. The Balaban J connectivity index is 1.81. The summed E-state index contributed by atoms with van der Waals surface area (Å²) in [5.74, 6) is 0.798. The number of rotatable bonds is 9. The second-order valence-electron chi connectivity index (χ2n) is 7.15. The number of nitriles is 1. The molecule has 7 nitrogen and oxygen atoms in total. The Morgan fingerprint density at radius 1 is 1.21 bits per heavy atom. The molecule has 0 fully saturated rings. The molecule has 0 bridgehead atoms. The lowest BCUT2D eigenvalue weighted by molar-refractivity contribution is 0.248. The molecule has 1 heterocycles. The van der Waals surface area contributed by atoms with Gasteiger partial charge in [-0.15, -0.1) is 11.6 Å². The van der Waals surface area contributed by atoms with Crippen molar-refractivity contribution in [1.29, 1.82) is 5.26 Å². The van der Waals surface area contributed by atoms with E-state index in [2.05, 4.69) is 4.98 Å². The van der Waals surface area contributed by atoms with Crippen molar-refractivity contribution < 1.29 is 26.7 Å². The van der Waals surface area contributed by atoms with Crippen molar-refractivity contribution in [3.8, 4) is 17.6 Å². The molecular formula is C22H19Cl2FN2O5S. The van der Waals surface area contributed by atoms with E-state index in [4.69, 9.17) is 37.1 Å². The molecule has 0 saturated heterocycles. The normalized spacial score (nSPS) is 13.2. The summed E-state index contributed by atoms with van der Waals surface area (Å²) in [5, 5.41) is 9.34. The number of benzene rings is 2. The van der Waals surface area contributed by atoms with Crippen LogP contribution in [0.3, 0.4) is 0 Å². The topological polar surface area (TPSA) is 102 Å². The second-order valence-corrected chi connectivity index (χ2v) is 9.87. The van der Waals surface area contributed by atoms with Crippen molar-refractivity contribution in [2.45, 2.75) is 24.2 Å². The molecule has 0 spiro atoms. The Kier molecular flexibility index (Phi) is 7.52. The van der Waals surface area contributed by atoms with Crippen LogP contribution in [0.15, 0.2) is 52.2 Å². The zero-order valence-electron chi connectivity index (χ0n) is 17.6. The molecule has 11 heteroatoms. The van der Waals surface area contributed by atoms with Gasteiger partial charge in [-0.25, -0.2) is 17.8 Å². The number of nitrogens with zero attached hydrogens (tertiary/aromatic N) is 2. The number of hydrogen-bond donors (Lipinski definition) is 0. The highest BCUT2D eigenvalue weighted by Gasteiger charge is 2.30. The highest BCUT2D eigenvalue weighted by molar-refractivity contribution is 7.90. The lowest BCUT2D eigenvalue weighted by Gasteiger charge is -2.23. The molecule has 3 aromatic rings. The van der Waals surface area contributed by atoms with E-state index >= 15 is 4.39 Å². The van der Waals surface area contributed by atoms with Gasteiger partial charge in [-0.1, -0.05) is 23.7 Å². The summed E-state index contributed by atoms with van der Waals surface area (Å²) in [6.07, 6.45) is 2.05. The van der Waals surface area contributed by atoms with Gasteiger partial charge < -0.3 is 13.9 Å². The van der Waals surface area contributed by atoms with Crippen molar-refractivity contribution in [2.75, 3.05) is 18.7 Å². The van der Waals surface area contributed by atoms with Crippen molar-refractivity contribution in [3.63, 3.8) is 0 Å². The molecule has 0 radical (unpaired) electrons. The minimum absolute atomic E-state index is 0.0621. The highest BCUT2D eigenvalue weighted by atomic mass is 35.5. The lowest BCUT2D eigenvalue weighted by Crippen LogP contribution is -2.17. The van der Waals surface area contributed by atoms with Gasteiger partial charge in [-0.05, 0) is 42.3 Å². The molecule has 1 unspecified atom stereocenters. The largest absolute Gasteiger partial charge is 0.489 e. The van der Waals surface area contributed by atoms with Gasteiger partial charge in [0.2, 0.25) is 0 Å². The third kappa shape index (κ3) is 5.58. The molecule has 3 rings (SSSR count). The number of hydrogen-bond acceptors (Lipinski definition) is 7. The number of oxazole rings is 1.